The molecule has 9 nitrogen and oxygen atoms in total. The minimum Gasteiger partial charge on any atom is -0.370 e. The van der Waals surface area contributed by atoms with Gasteiger partial charge >= 0.3 is 0 Å². The summed E-state index contributed by atoms with van der Waals surface area (Å²) >= 11 is 0. The minimum absolute atomic E-state index is 0.404. The number of nitrogens with zero attached hydrogens (tertiary/aromatic N) is 8. The van der Waals surface area contributed by atoms with Crippen molar-refractivity contribution in [3.63, 3.8) is 0 Å². The van der Waals surface area contributed by atoms with Crippen molar-refractivity contribution in [1.82, 2.24) is 39.2 Å². The number of fused-ring (bicyclic) bond motifs is 2. The maximum Gasteiger partial charge on any atom is 0.254 e. The van der Waals surface area contributed by atoms with Gasteiger partial charge in [-0.25, -0.2) is 14.5 Å². The molecule has 0 fully saturated rings. The van der Waals surface area contributed by atoms with Crippen LogP contribution < -0.4 is 5.32 Å². The van der Waals surface area contributed by atoms with Crippen molar-refractivity contribution in [3.05, 3.63) is 42.4 Å². The monoisotopic (exact) mass is 451 g/mol. The Labute approximate surface area is 196 Å². The van der Waals surface area contributed by atoms with Crippen LogP contribution in [-0.2, 0) is 12.8 Å². The van der Waals surface area contributed by atoms with Crippen LogP contribution in [0.4, 0.5) is 5.82 Å². The molecule has 0 spiro atoms. The van der Waals surface area contributed by atoms with E-state index in [0.717, 1.165) is 43.2 Å². The van der Waals surface area contributed by atoms with Gasteiger partial charge in [-0.3, -0.25) is 0 Å². The van der Waals surface area contributed by atoms with Crippen molar-refractivity contribution < 1.29 is 0 Å². The summed E-state index contributed by atoms with van der Waals surface area (Å²) in [6, 6.07) is 1.89. The van der Waals surface area contributed by atoms with E-state index in [1.54, 1.807) is 21.6 Å². The van der Waals surface area contributed by atoms with E-state index in [2.05, 4.69) is 83.2 Å². The first-order valence-corrected chi connectivity index (χ1v) is 11.9. The number of hydrogen-bond acceptors (Lipinski definition) is 7. The smallest absolute Gasteiger partial charge is 0.254 e. The molecular formula is C24H37N9. The van der Waals surface area contributed by atoms with Crippen LogP contribution in [0.5, 0.6) is 0 Å². The third-order valence-electron chi connectivity index (χ3n) is 5.38. The summed E-state index contributed by atoms with van der Waals surface area (Å²) in [4.78, 5) is 16.8. The summed E-state index contributed by atoms with van der Waals surface area (Å²) in [5.41, 5.74) is 2.88. The SMILES string of the molecule is CCCNc1ccnc2ncnn12.CCc1nc2ncnn2cc1CCC(C)CC(C)(C)C. The molecular weight excluding hydrogens is 414 g/mol. The van der Waals surface area contributed by atoms with E-state index in [0.29, 0.717) is 17.0 Å². The largest absolute Gasteiger partial charge is 0.370 e. The fourth-order valence-corrected chi connectivity index (χ4v) is 4.02. The van der Waals surface area contributed by atoms with Crippen LogP contribution >= 0.6 is 0 Å². The van der Waals surface area contributed by atoms with Gasteiger partial charge in [-0.2, -0.15) is 24.7 Å². The first-order chi connectivity index (χ1) is 15.8. The number of anilines is 1. The number of hydrogen-bond donors (Lipinski definition) is 1. The van der Waals surface area contributed by atoms with E-state index in [1.165, 1.54) is 24.7 Å². The Kier molecular flexibility index (Phi) is 8.30. The molecule has 4 aromatic heterocycles. The summed E-state index contributed by atoms with van der Waals surface area (Å²) in [5, 5.41) is 11.5. The third kappa shape index (κ3) is 6.94. The van der Waals surface area contributed by atoms with Crippen LogP contribution in [-0.4, -0.2) is 45.7 Å². The molecule has 0 aromatic carbocycles. The van der Waals surface area contributed by atoms with Crippen molar-refractivity contribution in [2.24, 2.45) is 11.3 Å². The Hall–Kier alpha value is -3.10. The lowest BCUT2D eigenvalue weighted by atomic mass is 9.83. The molecule has 0 bridgehead atoms. The maximum absolute atomic E-state index is 4.60. The van der Waals surface area contributed by atoms with Crippen LogP contribution in [0.2, 0.25) is 0 Å². The zero-order chi connectivity index (χ0) is 23.8. The quantitative estimate of drug-likeness (QED) is 0.417. The number of aryl methyl sites for hydroxylation is 2. The molecule has 0 amide bonds. The number of nitrogens with one attached hydrogen (secondary N) is 1. The Morgan fingerprint density at radius 3 is 2.52 bits per heavy atom. The van der Waals surface area contributed by atoms with Crippen LogP contribution in [0, 0.1) is 11.3 Å². The highest BCUT2D eigenvalue weighted by atomic mass is 15.3. The molecule has 1 unspecified atom stereocenters. The fraction of sp³-hybridized carbons (Fsp3) is 0.583. The molecule has 1 N–H and O–H groups in total. The normalized spacial score (nSPS) is 12.5. The number of aromatic nitrogens is 8. The second-order valence-corrected chi connectivity index (χ2v) is 9.71. The van der Waals surface area contributed by atoms with Crippen molar-refractivity contribution in [3.8, 4) is 0 Å². The molecule has 4 aromatic rings. The lowest BCUT2D eigenvalue weighted by Crippen LogP contribution is -2.12. The lowest BCUT2D eigenvalue weighted by Gasteiger charge is -2.23. The second-order valence-electron chi connectivity index (χ2n) is 9.71. The Balaban J connectivity index is 0.000000203. The van der Waals surface area contributed by atoms with Gasteiger partial charge in [-0.1, -0.05) is 41.5 Å². The summed E-state index contributed by atoms with van der Waals surface area (Å²) in [7, 11) is 0. The van der Waals surface area contributed by atoms with Gasteiger partial charge in [-0.15, -0.1) is 0 Å². The highest BCUT2D eigenvalue weighted by Gasteiger charge is 2.16. The van der Waals surface area contributed by atoms with E-state index in [-0.39, 0.29) is 0 Å². The number of rotatable bonds is 8. The van der Waals surface area contributed by atoms with Gasteiger partial charge < -0.3 is 5.32 Å². The van der Waals surface area contributed by atoms with Crippen molar-refractivity contribution in [2.75, 3.05) is 11.9 Å². The van der Waals surface area contributed by atoms with Crippen LogP contribution in [0.3, 0.4) is 0 Å². The zero-order valence-electron chi connectivity index (χ0n) is 20.8. The average Bonchev–Trinajstić information content (AvgIpc) is 3.43. The highest BCUT2D eigenvalue weighted by Crippen LogP contribution is 2.27. The summed E-state index contributed by atoms with van der Waals surface area (Å²) in [6.45, 7) is 14.5. The molecule has 4 rings (SSSR count). The standard InChI is InChI=1S/C16H26N4.C8H11N5/c1-6-14-13(8-7-12(2)9-16(3,4)5)10-20-15(19-14)17-11-18-20;1-2-4-9-7-3-5-10-8-11-6-12-13(7)8/h10-12H,6-9H2,1-5H3;3,5-6,9H,2,4H2,1H3. The van der Waals surface area contributed by atoms with Crippen molar-refractivity contribution in [1.29, 1.82) is 0 Å². The van der Waals surface area contributed by atoms with Crippen LogP contribution in [0.1, 0.15) is 72.1 Å². The van der Waals surface area contributed by atoms with Gasteiger partial charge in [0.25, 0.3) is 11.6 Å². The van der Waals surface area contributed by atoms with Crippen LogP contribution in [0.15, 0.2) is 31.1 Å². The first kappa shape index (κ1) is 24.5. The van der Waals surface area contributed by atoms with E-state index < -0.39 is 0 Å². The molecule has 0 aliphatic heterocycles. The molecule has 33 heavy (non-hydrogen) atoms. The van der Waals surface area contributed by atoms with E-state index in [9.17, 15) is 0 Å². The fourth-order valence-electron chi connectivity index (χ4n) is 4.02. The van der Waals surface area contributed by atoms with Crippen LogP contribution in [0.25, 0.3) is 11.6 Å². The van der Waals surface area contributed by atoms with E-state index in [1.807, 2.05) is 6.07 Å². The maximum atomic E-state index is 4.60. The Morgan fingerprint density at radius 1 is 1.03 bits per heavy atom. The second kappa shape index (κ2) is 11.2. The van der Waals surface area contributed by atoms with Gasteiger partial charge in [0, 0.05) is 24.6 Å². The summed E-state index contributed by atoms with van der Waals surface area (Å²) in [6.07, 6.45) is 12.4. The van der Waals surface area contributed by atoms with E-state index in [4.69, 9.17) is 0 Å². The molecule has 0 aliphatic rings. The molecule has 0 radical (unpaired) electrons. The van der Waals surface area contributed by atoms with Gasteiger partial charge in [0.1, 0.15) is 18.5 Å². The molecule has 4 heterocycles. The molecule has 9 heteroatoms. The molecule has 1 atom stereocenters. The van der Waals surface area contributed by atoms with Crippen molar-refractivity contribution >= 4 is 17.4 Å². The topological polar surface area (TPSA) is 98.2 Å². The van der Waals surface area contributed by atoms with Gasteiger partial charge in [0.05, 0.1) is 0 Å². The predicted molar refractivity (Wildman–Crippen MR) is 131 cm³/mol. The minimum atomic E-state index is 0.404. The molecule has 0 saturated heterocycles. The van der Waals surface area contributed by atoms with Gasteiger partial charge in [0.15, 0.2) is 0 Å². The van der Waals surface area contributed by atoms with Gasteiger partial charge in [-0.05, 0) is 55.1 Å². The van der Waals surface area contributed by atoms with Crippen molar-refractivity contribution in [2.45, 2.75) is 73.6 Å². The Bertz CT molecular complexity index is 1140. The summed E-state index contributed by atoms with van der Waals surface area (Å²) < 4.78 is 3.47. The molecule has 0 saturated carbocycles. The third-order valence-corrected chi connectivity index (χ3v) is 5.38. The highest BCUT2D eigenvalue weighted by molar-refractivity contribution is 5.41. The zero-order valence-corrected chi connectivity index (χ0v) is 20.8. The predicted octanol–water partition coefficient (Wildman–Crippen LogP) is 4.64. The molecule has 178 valence electrons. The first-order valence-electron chi connectivity index (χ1n) is 11.9. The lowest BCUT2D eigenvalue weighted by molar-refractivity contribution is 0.297. The molecule has 0 aliphatic carbocycles. The van der Waals surface area contributed by atoms with E-state index >= 15 is 0 Å². The Morgan fingerprint density at radius 2 is 1.79 bits per heavy atom. The summed E-state index contributed by atoms with van der Waals surface area (Å²) in [5.74, 6) is 2.99. The average molecular weight is 452 g/mol. The van der Waals surface area contributed by atoms with Gasteiger partial charge in [0.2, 0.25) is 0 Å².